The summed E-state index contributed by atoms with van der Waals surface area (Å²) in [6.07, 6.45) is 1.06. The second-order valence-corrected chi connectivity index (χ2v) is 7.62. The Morgan fingerprint density at radius 3 is 2.07 bits per heavy atom. The lowest BCUT2D eigenvalue weighted by Gasteiger charge is -2.10. The van der Waals surface area contributed by atoms with Crippen molar-refractivity contribution in [3.05, 3.63) is 99.5 Å². The van der Waals surface area contributed by atoms with Crippen LogP contribution < -0.4 is 10.1 Å². The zero-order chi connectivity index (χ0) is 19.1. The van der Waals surface area contributed by atoms with Gasteiger partial charge in [-0.05, 0) is 59.5 Å². The Hall–Kier alpha value is -2.17. The van der Waals surface area contributed by atoms with E-state index in [1.165, 1.54) is 11.1 Å². The van der Waals surface area contributed by atoms with E-state index in [4.69, 9.17) is 17.0 Å². The van der Waals surface area contributed by atoms with Gasteiger partial charge in [-0.3, -0.25) is 0 Å². The summed E-state index contributed by atoms with van der Waals surface area (Å²) >= 11 is 8.95. The molecule has 0 spiro atoms. The highest BCUT2D eigenvalue weighted by Gasteiger charge is 2.03. The minimum atomic E-state index is 0.545. The van der Waals surface area contributed by atoms with Crippen LogP contribution in [0.15, 0.2) is 77.3 Å². The first kappa shape index (κ1) is 19.6. The molecule has 0 bridgehead atoms. The standard InChI is InChI=1S/C23H22BrNOS/c1-2-17-3-5-18(6-4-17)15-25-23(27)20-9-13-22(14-10-20)26-16-19-7-11-21(24)12-8-19/h3-14H,2,15-16H2,1H3,(H,25,27). The number of hydrogen-bond acceptors (Lipinski definition) is 2. The van der Waals surface area contributed by atoms with Crippen molar-refractivity contribution in [1.82, 2.24) is 5.32 Å². The van der Waals surface area contributed by atoms with Crippen LogP contribution in [-0.4, -0.2) is 4.99 Å². The van der Waals surface area contributed by atoms with E-state index in [9.17, 15) is 0 Å². The molecule has 2 nitrogen and oxygen atoms in total. The van der Waals surface area contributed by atoms with E-state index in [1.54, 1.807) is 0 Å². The van der Waals surface area contributed by atoms with Crippen LogP contribution in [0.5, 0.6) is 5.75 Å². The predicted octanol–water partition coefficient (Wildman–Crippen LogP) is 6.06. The lowest BCUT2D eigenvalue weighted by molar-refractivity contribution is 0.306. The van der Waals surface area contributed by atoms with Crippen molar-refractivity contribution in [2.45, 2.75) is 26.5 Å². The molecule has 3 aromatic carbocycles. The van der Waals surface area contributed by atoms with Crippen LogP contribution in [0.3, 0.4) is 0 Å². The van der Waals surface area contributed by atoms with E-state index >= 15 is 0 Å². The van der Waals surface area contributed by atoms with Crippen molar-refractivity contribution >= 4 is 33.1 Å². The number of halogens is 1. The Morgan fingerprint density at radius 1 is 0.852 bits per heavy atom. The van der Waals surface area contributed by atoms with Gasteiger partial charge in [0, 0.05) is 16.6 Å². The van der Waals surface area contributed by atoms with E-state index < -0.39 is 0 Å². The maximum absolute atomic E-state index is 5.84. The SMILES string of the molecule is CCc1ccc(CNC(=S)c2ccc(OCc3ccc(Br)cc3)cc2)cc1. The molecule has 0 fully saturated rings. The maximum Gasteiger partial charge on any atom is 0.119 e. The fourth-order valence-electron chi connectivity index (χ4n) is 2.63. The first-order chi connectivity index (χ1) is 13.1. The van der Waals surface area contributed by atoms with E-state index in [0.29, 0.717) is 6.61 Å². The molecule has 0 saturated heterocycles. The molecular formula is C23H22BrNOS. The van der Waals surface area contributed by atoms with Crippen LogP contribution in [0.25, 0.3) is 0 Å². The van der Waals surface area contributed by atoms with Gasteiger partial charge in [0.25, 0.3) is 0 Å². The van der Waals surface area contributed by atoms with Crippen molar-refractivity contribution in [3.8, 4) is 5.75 Å². The molecule has 3 rings (SSSR count). The Kier molecular flexibility index (Phi) is 7.02. The first-order valence-corrected chi connectivity index (χ1v) is 10.2. The summed E-state index contributed by atoms with van der Waals surface area (Å²) in [5.74, 6) is 0.833. The van der Waals surface area contributed by atoms with Crippen LogP contribution in [0, 0.1) is 0 Å². The van der Waals surface area contributed by atoms with Gasteiger partial charge in [-0.15, -0.1) is 0 Å². The topological polar surface area (TPSA) is 21.3 Å². The largest absolute Gasteiger partial charge is 0.489 e. The maximum atomic E-state index is 5.84. The number of nitrogens with one attached hydrogen (secondary N) is 1. The van der Waals surface area contributed by atoms with Gasteiger partial charge in [-0.25, -0.2) is 0 Å². The average molecular weight is 440 g/mol. The smallest absolute Gasteiger partial charge is 0.119 e. The van der Waals surface area contributed by atoms with Gasteiger partial charge in [-0.2, -0.15) is 0 Å². The molecule has 3 aromatic rings. The van der Waals surface area contributed by atoms with Crippen LogP contribution in [0.2, 0.25) is 0 Å². The number of benzene rings is 3. The number of hydrogen-bond donors (Lipinski definition) is 1. The van der Waals surface area contributed by atoms with Crippen molar-refractivity contribution in [1.29, 1.82) is 0 Å². The Labute approximate surface area is 174 Å². The van der Waals surface area contributed by atoms with Gasteiger partial charge in [0.15, 0.2) is 0 Å². The zero-order valence-electron chi connectivity index (χ0n) is 15.2. The van der Waals surface area contributed by atoms with Crippen molar-refractivity contribution in [3.63, 3.8) is 0 Å². The molecule has 1 N–H and O–H groups in total. The number of ether oxygens (including phenoxy) is 1. The number of aryl methyl sites for hydroxylation is 1. The third-order valence-electron chi connectivity index (χ3n) is 4.32. The summed E-state index contributed by atoms with van der Waals surface area (Å²) in [6, 6.07) is 24.6. The van der Waals surface area contributed by atoms with E-state index in [1.807, 2.05) is 48.5 Å². The molecule has 0 aliphatic rings. The summed E-state index contributed by atoms with van der Waals surface area (Å²) in [4.78, 5) is 0.744. The highest BCUT2D eigenvalue weighted by molar-refractivity contribution is 9.10. The quantitative estimate of drug-likeness (QED) is 0.452. The van der Waals surface area contributed by atoms with Gasteiger partial charge in [0.2, 0.25) is 0 Å². The summed E-state index contributed by atoms with van der Waals surface area (Å²) < 4.78 is 6.91. The molecule has 138 valence electrons. The highest BCUT2D eigenvalue weighted by Crippen LogP contribution is 2.16. The zero-order valence-corrected chi connectivity index (χ0v) is 17.6. The van der Waals surface area contributed by atoms with Crippen LogP contribution >= 0.6 is 28.1 Å². The molecule has 0 saturated carbocycles. The molecule has 0 unspecified atom stereocenters. The molecule has 0 amide bonds. The summed E-state index contributed by atoms with van der Waals surface area (Å²) in [5.41, 5.74) is 4.70. The normalized spacial score (nSPS) is 10.4. The monoisotopic (exact) mass is 439 g/mol. The molecular weight excluding hydrogens is 418 g/mol. The molecule has 0 heterocycles. The van der Waals surface area contributed by atoms with E-state index in [-0.39, 0.29) is 0 Å². The van der Waals surface area contributed by atoms with E-state index in [0.717, 1.165) is 39.3 Å². The number of thiocarbonyl (C=S) groups is 1. The van der Waals surface area contributed by atoms with Gasteiger partial charge < -0.3 is 10.1 Å². The molecule has 0 aliphatic heterocycles. The summed E-state index contributed by atoms with van der Waals surface area (Å²) in [7, 11) is 0. The average Bonchev–Trinajstić information content (AvgIpc) is 2.72. The van der Waals surface area contributed by atoms with Gasteiger partial charge in [0.1, 0.15) is 17.3 Å². The molecule has 0 aliphatic carbocycles. The van der Waals surface area contributed by atoms with Gasteiger partial charge in [0.05, 0.1) is 0 Å². The van der Waals surface area contributed by atoms with Gasteiger partial charge in [-0.1, -0.05) is 71.5 Å². The lowest BCUT2D eigenvalue weighted by Crippen LogP contribution is -2.21. The Balaban J connectivity index is 1.51. The minimum absolute atomic E-state index is 0.545. The van der Waals surface area contributed by atoms with Crippen molar-refractivity contribution < 1.29 is 4.74 Å². The third kappa shape index (κ3) is 5.91. The number of rotatable bonds is 7. The van der Waals surface area contributed by atoms with Gasteiger partial charge >= 0.3 is 0 Å². The molecule has 0 aromatic heterocycles. The predicted molar refractivity (Wildman–Crippen MR) is 119 cm³/mol. The molecule has 27 heavy (non-hydrogen) atoms. The molecule has 4 heteroatoms. The van der Waals surface area contributed by atoms with Crippen molar-refractivity contribution in [2.75, 3.05) is 0 Å². The van der Waals surface area contributed by atoms with E-state index in [2.05, 4.69) is 52.4 Å². The fourth-order valence-corrected chi connectivity index (χ4v) is 3.10. The Morgan fingerprint density at radius 2 is 1.44 bits per heavy atom. The second kappa shape index (κ2) is 9.67. The highest BCUT2D eigenvalue weighted by atomic mass is 79.9. The fraction of sp³-hybridized carbons (Fsp3) is 0.174. The van der Waals surface area contributed by atoms with Crippen LogP contribution in [0.1, 0.15) is 29.2 Å². The van der Waals surface area contributed by atoms with Crippen molar-refractivity contribution in [2.24, 2.45) is 0 Å². The van der Waals surface area contributed by atoms with Crippen LogP contribution in [0.4, 0.5) is 0 Å². The Bertz CT molecular complexity index is 874. The molecule has 0 radical (unpaired) electrons. The first-order valence-electron chi connectivity index (χ1n) is 8.97. The summed E-state index contributed by atoms with van der Waals surface area (Å²) in [5, 5.41) is 3.32. The van der Waals surface area contributed by atoms with Crippen LogP contribution in [-0.2, 0) is 19.6 Å². The lowest BCUT2D eigenvalue weighted by atomic mass is 10.1. The third-order valence-corrected chi connectivity index (χ3v) is 5.23. The summed E-state index contributed by atoms with van der Waals surface area (Å²) in [6.45, 7) is 3.43. The second-order valence-electron chi connectivity index (χ2n) is 6.29. The molecule has 0 atom stereocenters. The minimum Gasteiger partial charge on any atom is -0.489 e.